The van der Waals surface area contributed by atoms with E-state index in [9.17, 15) is 4.79 Å². The molecule has 0 atom stereocenters. The van der Waals surface area contributed by atoms with E-state index in [1.165, 1.54) is 0 Å². The molecule has 0 aromatic heterocycles. The highest BCUT2D eigenvalue weighted by Crippen LogP contribution is 2.17. The molecule has 0 aliphatic carbocycles. The van der Waals surface area contributed by atoms with Gasteiger partial charge in [0.05, 0.1) is 0 Å². The summed E-state index contributed by atoms with van der Waals surface area (Å²) >= 11 is 0. The third-order valence-corrected chi connectivity index (χ3v) is 2.27. The average molecular weight is 200 g/mol. The van der Waals surface area contributed by atoms with Crippen molar-refractivity contribution in [3.8, 4) is 0 Å². The van der Waals surface area contributed by atoms with Crippen molar-refractivity contribution in [1.82, 2.24) is 0 Å². The highest BCUT2D eigenvalue weighted by Gasteiger charge is 2.00. The zero-order valence-corrected chi connectivity index (χ0v) is 9.29. The topological polar surface area (TPSA) is 17.1 Å². The minimum absolute atomic E-state index is 0.0983. The van der Waals surface area contributed by atoms with Crippen molar-refractivity contribution < 1.29 is 4.79 Å². The van der Waals surface area contributed by atoms with Crippen LogP contribution < -0.4 is 0 Å². The van der Waals surface area contributed by atoms with Crippen LogP contribution in [0.1, 0.15) is 36.2 Å². The maximum absolute atomic E-state index is 11.1. The van der Waals surface area contributed by atoms with Gasteiger partial charge in [-0.3, -0.25) is 4.79 Å². The second-order valence-electron chi connectivity index (χ2n) is 3.41. The van der Waals surface area contributed by atoms with Crippen LogP contribution in [0.15, 0.2) is 43.0 Å². The average Bonchev–Trinajstić information content (AvgIpc) is 2.26. The standard InChI is InChI=1S/C14H16O/c1-4-6-12(5-2)14-9-7-13(8-10-14)11(3)15/h5-10H,2,4H2,1,3H3/b12-6+. The summed E-state index contributed by atoms with van der Waals surface area (Å²) in [5.41, 5.74) is 2.98. The van der Waals surface area contributed by atoms with Crippen molar-refractivity contribution in [2.75, 3.05) is 0 Å². The SMILES string of the molecule is C=C/C(=C\CC)c1ccc(C(C)=O)cc1. The number of ketones is 1. The molecule has 0 saturated heterocycles. The number of rotatable bonds is 4. The van der Waals surface area contributed by atoms with Crippen molar-refractivity contribution in [3.63, 3.8) is 0 Å². The maximum Gasteiger partial charge on any atom is 0.159 e. The van der Waals surface area contributed by atoms with Gasteiger partial charge in [-0.25, -0.2) is 0 Å². The van der Waals surface area contributed by atoms with E-state index in [1.807, 2.05) is 30.3 Å². The summed E-state index contributed by atoms with van der Waals surface area (Å²) in [6.07, 6.45) is 4.94. The first kappa shape index (κ1) is 11.4. The van der Waals surface area contributed by atoms with E-state index in [-0.39, 0.29) is 5.78 Å². The van der Waals surface area contributed by atoms with Crippen molar-refractivity contribution in [2.24, 2.45) is 0 Å². The second-order valence-corrected chi connectivity index (χ2v) is 3.41. The molecule has 0 bridgehead atoms. The van der Waals surface area contributed by atoms with Crippen molar-refractivity contribution in [2.45, 2.75) is 20.3 Å². The van der Waals surface area contributed by atoms with Crippen molar-refractivity contribution >= 4 is 11.4 Å². The van der Waals surface area contributed by atoms with Gasteiger partial charge in [0, 0.05) is 5.56 Å². The molecule has 0 saturated carbocycles. The van der Waals surface area contributed by atoms with Crippen LogP contribution in [0, 0.1) is 0 Å². The molecule has 0 amide bonds. The Kier molecular flexibility index (Phi) is 4.04. The Labute approximate surface area is 91.1 Å². The van der Waals surface area contributed by atoms with Gasteiger partial charge in [-0.1, -0.05) is 49.9 Å². The smallest absolute Gasteiger partial charge is 0.159 e. The molecule has 0 fully saturated rings. The molecule has 1 aromatic carbocycles. The van der Waals surface area contributed by atoms with Crippen LogP contribution in [0.5, 0.6) is 0 Å². The summed E-state index contributed by atoms with van der Waals surface area (Å²) in [6.45, 7) is 7.44. The molecule has 1 rings (SSSR count). The normalized spacial score (nSPS) is 11.2. The zero-order chi connectivity index (χ0) is 11.3. The number of carbonyl (C=O) groups is 1. The molecular weight excluding hydrogens is 184 g/mol. The van der Waals surface area contributed by atoms with E-state index in [0.29, 0.717) is 0 Å². The summed E-state index contributed by atoms with van der Waals surface area (Å²) in [5.74, 6) is 0.0983. The molecule has 15 heavy (non-hydrogen) atoms. The van der Waals surface area contributed by atoms with Gasteiger partial charge in [0.2, 0.25) is 0 Å². The van der Waals surface area contributed by atoms with Gasteiger partial charge >= 0.3 is 0 Å². The van der Waals surface area contributed by atoms with Crippen LogP contribution in [0.25, 0.3) is 5.57 Å². The number of Topliss-reactive ketones (excluding diaryl/α,β-unsaturated/α-hetero) is 1. The van der Waals surface area contributed by atoms with Crippen LogP contribution in [0.3, 0.4) is 0 Å². The Balaban J connectivity index is 3.02. The van der Waals surface area contributed by atoms with E-state index in [1.54, 1.807) is 6.92 Å². The zero-order valence-electron chi connectivity index (χ0n) is 9.29. The van der Waals surface area contributed by atoms with E-state index in [4.69, 9.17) is 0 Å². The molecule has 0 radical (unpaired) electrons. The molecule has 1 aromatic rings. The van der Waals surface area contributed by atoms with E-state index in [0.717, 1.165) is 23.1 Å². The predicted octanol–water partition coefficient (Wildman–Crippen LogP) is 3.87. The van der Waals surface area contributed by atoms with E-state index in [2.05, 4.69) is 19.6 Å². The summed E-state index contributed by atoms with van der Waals surface area (Å²) in [5, 5.41) is 0. The Morgan fingerprint density at radius 2 is 1.80 bits per heavy atom. The highest BCUT2D eigenvalue weighted by molar-refractivity contribution is 5.94. The molecule has 0 aliphatic rings. The minimum Gasteiger partial charge on any atom is -0.295 e. The Bertz CT molecular complexity index is 382. The molecule has 0 N–H and O–H groups in total. The first-order valence-electron chi connectivity index (χ1n) is 5.13. The Morgan fingerprint density at radius 1 is 1.27 bits per heavy atom. The molecule has 0 heterocycles. The van der Waals surface area contributed by atoms with E-state index < -0.39 is 0 Å². The molecule has 0 unspecified atom stereocenters. The van der Waals surface area contributed by atoms with E-state index >= 15 is 0 Å². The number of carbonyl (C=O) groups excluding carboxylic acids is 1. The number of hydrogen-bond acceptors (Lipinski definition) is 1. The molecular formula is C14H16O. The Hall–Kier alpha value is -1.63. The van der Waals surface area contributed by atoms with Gasteiger partial charge in [0.15, 0.2) is 5.78 Å². The van der Waals surface area contributed by atoms with Crippen LogP contribution in [0.4, 0.5) is 0 Å². The second kappa shape index (κ2) is 5.30. The monoisotopic (exact) mass is 200 g/mol. The lowest BCUT2D eigenvalue weighted by Gasteiger charge is -2.03. The molecule has 0 aliphatic heterocycles. The predicted molar refractivity (Wildman–Crippen MR) is 64.9 cm³/mol. The lowest BCUT2D eigenvalue weighted by Crippen LogP contribution is -1.91. The summed E-state index contributed by atoms with van der Waals surface area (Å²) in [6, 6.07) is 7.62. The van der Waals surface area contributed by atoms with Gasteiger partial charge in [0.25, 0.3) is 0 Å². The summed E-state index contributed by atoms with van der Waals surface area (Å²) in [7, 11) is 0. The fourth-order valence-corrected chi connectivity index (χ4v) is 1.44. The van der Waals surface area contributed by atoms with Crippen LogP contribution in [-0.2, 0) is 0 Å². The van der Waals surface area contributed by atoms with Crippen LogP contribution >= 0.6 is 0 Å². The highest BCUT2D eigenvalue weighted by atomic mass is 16.1. The van der Waals surface area contributed by atoms with Gasteiger partial charge < -0.3 is 0 Å². The molecule has 78 valence electrons. The van der Waals surface area contributed by atoms with Crippen LogP contribution in [0.2, 0.25) is 0 Å². The fraction of sp³-hybridized carbons (Fsp3) is 0.214. The van der Waals surface area contributed by atoms with Gasteiger partial charge in [0.1, 0.15) is 0 Å². The quantitative estimate of drug-likeness (QED) is 0.532. The number of benzene rings is 1. The summed E-state index contributed by atoms with van der Waals surface area (Å²) in [4.78, 5) is 11.1. The minimum atomic E-state index is 0.0983. The fourth-order valence-electron chi connectivity index (χ4n) is 1.44. The Morgan fingerprint density at radius 3 is 2.20 bits per heavy atom. The maximum atomic E-state index is 11.1. The number of hydrogen-bond donors (Lipinski definition) is 0. The largest absolute Gasteiger partial charge is 0.295 e. The van der Waals surface area contributed by atoms with Crippen molar-refractivity contribution in [3.05, 3.63) is 54.1 Å². The third-order valence-electron chi connectivity index (χ3n) is 2.27. The summed E-state index contributed by atoms with van der Waals surface area (Å²) < 4.78 is 0. The lowest BCUT2D eigenvalue weighted by atomic mass is 10.0. The third kappa shape index (κ3) is 2.91. The van der Waals surface area contributed by atoms with Gasteiger partial charge in [-0.15, -0.1) is 0 Å². The first-order chi connectivity index (χ1) is 7.19. The molecule has 1 nitrogen and oxygen atoms in total. The first-order valence-corrected chi connectivity index (χ1v) is 5.13. The lowest BCUT2D eigenvalue weighted by molar-refractivity contribution is 0.101. The van der Waals surface area contributed by atoms with Crippen molar-refractivity contribution in [1.29, 1.82) is 0 Å². The van der Waals surface area contributed by atoms with Gasteiger partial charge in [-0.2, -0.15) is 0 Å². The van der Waals surface area contributed by atoms with Crippen LogP contribution in [-0.4, -0.2) is 5.78 Å². The van der Waals surface area contributed by atoms with Gasteiger partial charge in [-0.05, 0) is 24.5 Å². The number of allylic oxidation sites excluding steroid dienone is 3. The molecule has 1 heteroatoms. The molecule has 0 spiro atoms.